The Morgan fingerprint density at radius 3 is 2.50 bits per heavy atom. The third-order valence-corrected chi connectivity index (χ3v) is 4.38. The van der Waals surface area contributed by atoms with Crippen LogP contribution in [0.4, 0.5) is 0 Å². The molecule has 1 aliphatic carbocycles. The molecule has 0 aromatic heterocycles. The van der Waals surface area contributed by atoms with Crippen LogP contribution in [0.2, 0.25) is 0 Å². The van der Waals surface area contributed by atoms with Crippen molar-refractivity contribution in [3.63, 3.8) is 0 Å². The number of hydrogen-bond donors (Lipinski definition) is 1. The smallest absolute Gasteiger partial charge is 0.234 e. The van der Waals surface area contributed by atoms with E-state index in [4.69, 9.17) is 4.74 Å². The first-order valence-corrected chi connectivity index (χ1v) is 7.45. The number of nitrogens with one attached hydrogen (secondary N) is 1. The molecule has 1 N–H and O–H groups in total. The third kappa shape index (κ3) is 2.86. The van der Waals surface area contributed by atoms with Crippen molar-refractivity contribution in [1.82, 2.24) is 10.2 Å². The molecule has 0 atom stereocenters. The molecule has 1 aliphatic heterocycles. The Morgan fingerprint density at radius 1 is 1.20 bits per heavy atom. The average Bonchev–Trinajstić information content (AvgIpc) is 2.45. The van der Waals surface area contributed by atoms with Crippen molar-refractivity contribution in [2.24, 2.45) is 0 Å². The van der Waals surface area contributed by atoms with Gasteiger partial charge in [0.2, 0.25) is 5.91 Å². The molecule has 4 heteroatoms. The van der Waals surface area contributed by atoms with Gasteiger partial charge < -0.3 is 10.1 Å². The molecule has 0 spiro atoms. The Kier molecular flexibility index (Phi) is 4.03. The van der Waals surface area contributed by atoms with Crippen molar-refractivity contribution in [2.45, 2.75) is 24.8 Å². The summed E-state index contributed by atoms with van der Waals surface area (Å²) in [7, 11) is 0. The van der Waals surface area contributed by atoms with E-state index in [1.807, 2.05) is 18.2 Å². The van der Waals surface area contributed by atoms with Crippen LogP contribution in [0.3, 0.4) is 0 Å². The summed E-state index contributed by atoms with van der Waals surface area (Å²) < 4.78 is 5.31. The number of nitrogens with zero attached hydrogens (tertiary/aromatic N) is 1. The van der Waals surface area contributed by atoms with Crippen LogP contribution in [0.1, 0.15) is 24.8 Å². The van der Waals surface area contributed by atoms with Gasteiger partial charge in [0.25, 0.3) is 0 Å². The van der Waals surface area contributed by atoms with E-state index in [0.717, 1.165) is 39.1 Å². The molecule has 2 fully saturated rings. The van der Waals surface area contributed by atoms with Gasteiger partial charge >= 0.3 is 0 Å². The largest absolute Gasteiger partial charge is 0.379 e. The van der Waals surface area contributed by atoms with Crippen LogP contribution in [-0.4, -0.2) is 43.7 Å². The second-order valence-corrected chi connectivity index (χ2v) is 5.74. The Morgan fingerprint density at radius 2 is 1.90 bits per heavy atom. The van der Waals surface area contributed by atoms with Crippen LogP contribution in [0.25, 0.3) is 0 Å². The highest BCUT2D eigenvalue weighted by Crippen LogP contribution is 2.41. The molecule has 20 heavy (non-hydrogen) atoms. The number of rotatable bonds is 4. The molecule has 1 saturated carbocycles. The number of amides is 1. The lowest BCUT2D eigenvalue weighted by atomic mass is 9.72. The summed E-state index contributed by atoms with van der Waals surface area (Å²) in [5.74, 6) is 0.135. The van der Waals surface area contributed by atoms with Gasteiger partial charge in [0.05, 0.1) is 25.3 Å². The topological polar surface area (TPSA) is 41.6 Å². The van der Waals surface area contributed by atoms with E-state index in [0.29, 0.717) is 6.54 Å². The summed E-state index contributed by atoms with van der Waals surface area (Å²) in [5.41, 5.74) is 1.12. The number of morpholine rings is 1. The fourth-order valence-electron chi connectivity index (χ4n) is 3.04. The molecular weight excluding hydrogens is 252 g/mol. The Labute approximate surface area is 120 Å². The van der Waals surface area contributed by atoms with Gasteiger partial charge in [-0.1, -0.05) is 30.3 Å². The normalized spacial score (nSPS) is 22.0. The number of hydrogen-bond acceptors (Lipinski definition) is 3. The van der Waals surface area contributed by atoms with E-state index in [9.17, 15) is 4.79 Å². The number of carbonyl (C=O) groups excluding carboxylic acids is 1. The number of benzene rings is 1. The van der Waals surface area contributed by atoms with Gasteiger partial charge in [-0.3, -0.25) is 9.69 Å². The van der Waals surface area contributed by atoms with E-state index < -0.39 is 0 Å². The second-order valence-electron chi connectivity index (χ2n) is 5.74. The third-order valence-electron chi connectivity index (χ3n) is 4.38. The molecule has 1 heterocycles. The summed E-state index contributed by atoms with van der Waals surface area (Å²) in [6.45, 7) is 3.66. The highest BCUT2D eigenvalue weighted by molar-refractivity contribution is 5.79. The molecule has 0 bridgehead atoms. The standard InChI is InChI=1S/C16H22N2O2/c19-15(13-18-9-11-20-12-10-18)17-16(7-4-8-16)14-5-2-1-3-6-14/h1-3,5-6H,4,7-13H2,(H,17,19). The molecule has 1 saturated heterocycles. The lowest BCUT2D eigenvalue weighted by Crippen LogP contribution is -2.54. The molecule has 2 aliphatic rings. The zero-order valence-electron chi connectivity index (χ0n) is 11.8. The lowest BCUT2D eigenvalue weighted by molar-refractivity contribution is -0.126. The van der Waals surface area contributed by atoms with Crippen molar-refractivity contribution >= 4 is 5.91 Å². The summed E-state index contributed by atoms with van der Waals surface area (Å²) in [4.78, 5) is 14.5. The van der Waals surface area contributed by atoms with Crippen LogP contribution in [-0.2, 0) is 15.1 Å². The quantitative estimate of drug-likeness (QED) is 0.905. The molecule has 108 valence electrons. The Balaban J connectivity index is 1.61. The van der Waals surface area contributed by atoms with Gasteiger partial charge in [-0.15, -0.1) is 0 Å². The predicted octanol–water partition coefficient (Wildman–Crippen LogP) is 1.51. The van der Waals surface area contributed by atoms with E-state index in [1.54, 1.807) is 0 Å². The summed E-state index contributed by atoms with van der Waals surface area (Å²) in [5, 5.41) is 3.27. The zero-order chi connectivity index (χ0) is 13.8. The van der Waals surface area contributed by atoms with Crippen LogP contribution in [0, 0.1) is 0 Å². The Hall–Kier alpha value is -1.39. The molecule has 1 amide bonds. The molecule has 3 rings (SSSR count). The van der Waals surface area contributed by atoms with Crippen molar-refractivity contribution in [3.8, 4) is 0 Å². The maximum Gasteiger partial charge on any atom is 0.234 e. The van der Waals surface area contributed by atoms with Crippen molar-refractivity contribution in [2.75, 3.05) is 32.8 Å². The predicted molar refractivity (Wildman–Crippen MR) is 77.4 cm³/mol. The average molecular weight is 274 g/mol. The van der Waals surface area contributed by atoms with E-state index >= 15 is 0 Å². The SMILES string of the molecule is O=C(CN1CCOCC1)NC1(c2ccccc2)CCC1. The molecule has 1 aromatic rings. The van der Waals surface area contributed by atoms with Crippen LogP contribution >= 0.6 is 0 Å². The zero-order valence-corrected chi connectivity index (χ0v) is 11.8. The van der Waals surface area contributed by atoms with Crippen molar-refractivity contribution in [1.29, 1.82) is 0 Å². The lowest BCUT2D eigenvalue weighted by Gasteiger charge is -2.43. The van der Waals surface area contributed by atoms with Gasteiger partial charge in [0.15, 0.2) is 0 Å². The van der Waals surface area contributed by atoms with E-state index in [2.05, 4.69) is 22.3 Å². The maximum absolute atomic E-state index is 12.3. The first-order chi connectivity index (χ1) is 9.78. The monoisotopic (exact) mass is 274 g/mol. The summed E-state index contributed by atoms with van der Waals surface area (Å²) >= 11 is 0. The van der Waals surface area contributed by atoms with Gasteiger partial charge in [-0.05, 0) is 24.8 Å². The first-order valence-electron chi connectivity index (χ1n) is 7.45. The number of carbonyl (C=O) groups is 1. The Bertz CT molecular complexity index is 451. The summed E-state index contributed by atoms with van der Waals surface area (Å²) in [6.07, 6.45) is 3.28. The fourth-order valence-corrected chi connectivity index (χ4v) is 3.04. The minimum atomic E-state index is -0.120. The van der Waals surface area contributed by atoms with Gasteiger partial charge in [0, 0.05) is 13.1 Å². The molecule has 1 aromatic carbocycles. The summed E-state index contributed by atoms with van der Waals surface area (Å²) in [6, 6.07) is 10.3. The second kappa shape index (κ2) is 5.94. The van der Waals surface area contributed by atoms with Gasteiger partial charge in [0.1, 0.15) is 0 Å². The highest BCUT2D eigenvalue weighted by atomic mass is 16.5. The van der Waals surface area contributed by atoms with Crippen LogP contribution in [0.5, 0.6) is 0 Å². The van der Waals surface area contributed by atoms with E-state index in [-0.39, 0.29) is 11.4 Å². The molecular formula is C16H22N2O2. The fraction of sp³-hybridized carbons (Fsp3) is 0.562. The minimum absolute atomic E-state index is 0.120. The van der Waals surface area contributed by atoms with Crippen molar-refractivity contribution in [3.05, 3.63) is 35.9 Å². The number of ether oxygens (including phenoxy) is 1. The minimum Gasteiger partial charge on any atom is -0.379 e. The maximum atomic E-state index is 12.3. The molecule has 0 unspecified atom stereocenters. The van der Waals surface area contributed by atoms with Crippen molar-refractivity contribution < 1.29 is 9.53 Å². The van der Waals surface area contributed by atoms with E-state index in [1.165, 1.54) is 12.0 Å². The molecule has 4 nitrogen and oxygen atoms in total. The van der Waals surface area contributed by atoms with Gasteiger partial charge in [-0.25, -0.2) is 0 Å². The van der Waals surface area contributed by atoms with Gasteiger partial charge in [-0.2, -0.15) is 0 Å². The highest BCUT2D eigenvalue weighted by Gasteiger charge is 2.39. The van der Waals surface area contributed by atoms with Crippen LogP contribution < -0.4 is 5.32 Å². The molecule has 0 radical (unpaired) electrons. The first kappa shape index (κ1) is 13.6. The van der Waals surface area contributed by atoms with Crippen LogP contribution in [0.15, 0.2) is 30.3 Å².